The van der Waals surface area contributed by atoms with Crippen molar-refractivity contribution in [1.82, 2.24) is 0 Å². The maximum atomic E-state index is 12.0. The van der Waals surface area contributed by atoms with Crippen molar-refractivity contribution in [2.45, 2.75) is 0 Å². The number of carbonyl (C=O) groups is 2. The van der Waals surface area contributed by atoms with E-state index >= 15 is 0 Å². The summed E-state index contributed by atoms with van der Waals surface area (Å²) in [6, 6.07) is 0. The van der Waals surface area contributed by atoms with Crippen molar-refractivity contribution in [3.8, 4) is 0 Å². The summed E-state index contributed by atoms with van der Waals surface area (Å²) in [5.74, 6) is -0.502. The quantitative estimate of drug-likeness (QED) is 0.544. The molecule has 0 radical (unpaired) electrons. The Hall–Kier alpha value is -1.58. The lowest BCUT2D eigenvalue weighted by Gasteiger charge is -2.53. The number of allylic oxidation sites excluding steroid dienone is 4. The molecule has 0 unspecified atom stereocenters. The second-order valence-electron chi connectivity index (χ2n) is 5.18. The van der Waals surface area contributed by atoms with Gasteiger partial charge in [0, 0.05) is 0 Å². The zero-order chi connectivity index (χ0) is 12.9. The first-order chi connectivity index (χ1) is 8.69. The Balaban J connectivity index is 2.00. The number of fused-ring (bicyclic) bond motifs is 1. The molecule has 4 heteroatoms. The molecule has 4 aliphatic rings. The molecule has 0 aliphatic heterocycles. The summed E-state index contributed by atoms with van der Waals surface area (Å²) in [5, 5.41) is 0. The topological polar surface area (TPSA) is 52.6 Å². The average molecular weight is 248 g/mol. The highest BCUT2D eigenvalue weighted by molar-refractivity contribution is 5.84. The monoisotopic (exact) mass is 248 g/mol. The van der Waals surface area contributed by atoms with Crippen LogP contribution in [0.1, 0.15) is 0 Å². The number of ether oxygens (including phenoxy) is 2. The summed E-state index contributed by atoms with van der Waals surface area (Å²) >= 11 is 0. The molecule has 0 N–H and O–H groups in total. The van der Waals surface area contributed by atoms with E-state index < -0.39 is 11.8 Å². The molecule has 2 bridgehead atoms. The van der Waals surface area contributed by atoms with Crippen LogP contribution in [0.5, 0.6) is 0 Å². The van der Waals surface area contributed by atoms with Gasteiger partial charge >= 0.3 is 11.9 Å². The Morgan fingerprint density at radius 3 is 1.33 bits per heavy atom. The van der Waals surface area contributed by atoms with E-state index in [9.17, 15) is 9.59 Å². The van der Waals surface area contributed by atoms with Crippen molar-refractivity contribution in [3.63, 3.8) is 0 Å². The maximum Gasteiger partial charge on any atom is 0.310 e. The fourth-order valence-corrected chi connectivity index (χ4v) is 3.73. The van der Waals surface area contributed by atoms with Gasteiger partial charge in [0.2, 0.25) is 0 Å². The Bertz CT molecular complexity index is 411. The van der Waals surface area contributed by atoms with E-state index in [1.54, 1.807) is 0 Å². The van der Waals surface area contributed by atoms with Crippen LogP contribution in [0, 0.1) is 35.5 Å². The molecule has 0 aromatic heterocycles. The van der Waals surface area contributed by atoms with E-state index in [4.69, 9.17) is 9.47 Å². The van der Waals surface area contributed by atoms with Gasteiger partial charge < -0.3 is 9.47 Å². The summed E-state index contributed by atoms with van der Waals surface area (Å²) in [6.45, 7) is 0. The highest BCUT2D eigenvalue weighted by Crippen LogP contribution is 2.56. The SMILES string of the molecule is COC(=O)[C@H]1[C@H]2C=C[C@@H]([C@H]3C=C[C@H]32)[C@@H]1C(=O)OC. The van der Waals surface area contributed by atoms with E-state index in [2.05, 4.69) is 24.3 Å². The van der Waals surface area contributed by atoms with Crippen LogP contribution in [-0.4, -0.2) is 26.2 Å². The second-order valence-corrected chi connectivity index (χ2v) is 5.18. The van der Waals surface area contributed by atoms with E-state index in [1.807, 2.05) is 0 Å². The highest BCUT2D eigenvalue weighted by Gasteiger charge is 2.58. The van der Waals surface area contributed by atoms with Crippen molar-refractivity contribution < 1.29 is 19.1 Å². The predicted molar refractivity (Wildman–Crippen MR) is 63.3 cm³/mol. The van der Waals surface area contributed by atoms with Gasteiger partial charge in [-0.05, 0) is 23.7 Å². The lowest BCUT2D eigenvalue weighted by molar-refractivity contribution is -0.167. The van der Waals surface area contributed by atoms with Gasteiger partial charge in [-0.1, -0.05) is 24.3 Å². The van der Waals surface area contributed by atoms with Gasteiger partial charge in [0.05, 0.1) is 26.1 Å². The summed E-state index contributed by atoms with van der Waals surface area (Å²) in [4.78, 5) is 24.0. The van der Waals surface area contributed by atoms with Gasteiger partial charge in [0.25, 0.3) is 0 Å². The normalized spacial score (nSPS) is 43.0. The minimum Gasteiger partial charge on any atom is -0.469 e. The molecule has 18 heavy (non-hydrogen) atoms. The van der Waals surface area contributed by atoms with Gasteiger partial charge in [-0.2, -0.15) is 0 Å². The first-order valence-corrected chi connectivity index (χ1v) is 6.21. The van der Waals surface area contributed by atoms with Gasteiger partial charge in [0.1, 0.15) is 0 Å². The molecule has 1 saturated carbocycles. The number of esters is 2. The summed E-state index contributed by atoms with van der Waals surface area (Å²) in [7, 11) is 2.74. The third kappa shape index (κ3) is 1.32. The van der Waals surface area contributed by atoms with Crippen LogP contribution in [0.2, 0.25) is 0 Å². The van der Waals surface area contributed by atoms with E-state index in [0.717, 1.165) is 0 Å². The van der Waals surface area contributed by atoms with E-state index in [0.29, 0.717) is 11.8 Å². The van der Waals surface area contributed by atoms with Gasteiger partial charge in [0.15, 0.2) is 0 Å². The average Bonchev–Trinajstić information content (AvgIpc) is 2.35. The molecular weight excluding hydrogens is 232 g/mol. The number of rotatable bonds is 2. The fraction of sp³-hybridized carbons (Fsp3) is 0.571. The highest BCUT2D eigenvalue weighted by atomic mass is 16.5. The van der Waals surface area contributed by atoms with Gasteiger partial charge in [-0.15, -0.1) is 0 Å². The largest absolute Gasteiger partial charge is 0.469 e. The minimum atomic E-state index is -0.399. The minimum absolute atomic E-state index is 0.0709. The molecule has 0 spiro atoms. The van der Waals surface area contributed by atoms with E-state index in [-0.39, 0.29) is 23.8 Å². The zero-order valence-electron chi connectivity index (χ0n) is 10.4. The van der Waals surface area contributed by atoms with Crippen LogP contribution >= 0.6 is 0 Å². The van der Waals surface area contributed by atoms with Crippen LogP contribution in [0.15, 0.2) is 24.3 Å². The third-order valence-electron chi connectivity index (χ3n) is 4.61. The van der Waals surface area contributed by atoms with Crippen LogP contribution in [-0.2, 0) is 19.1 Å². The molecule has 0 amide bonds. The number of hydrogen-bond acceptors (Lipinski definition) is 4. The smallest absolute Gasteiger partial charge is 0.310 e. The molecule has 96 valence electrons. The molecule has 0 saturated heterocycles. The Morgan fingerprint density at radius 1 is 0.722 bits per heavy atom. The zero-order valence-corrected chi connectivity index (χ0v) is 10.4. The molecule has 6 atom stereocenters. The molecular formula is C14H16O4. The molecule has 4 rings (SSSR count). The molecule has 4 aliphatic carbocycles. The number of carbonyl (C=O) groups excluding carboxylic acids is 2. The predicted octanol–water partition coefficient (Wildman–Crippen LogP) is 1.18. The van der Waals surface area contributed by atoms with Gasteiger partial charge in [-0.25, -0.2) is 0 Å². The lowest BCUT2D eigenvalue weighted by Crippen LogP contribution is -2.55. The molecule has 0 heterocycles. The first-order valence-electron chi connectivity index (χ1n) is 6.21. The Morgan fingerprint density at radius 2 is 1.06 bits per heavy atom. The van der Waals surface area contributed by atoms with Crippen molar-refractivity contribution in [3.05, 3.63) is 24.3 Å². The van der Waals surface area contributed by atoms with Crippen molar-refractivity contribution >= 4 is 11.9 Å². The Kier molecular flexibility index (Phi) is 2.54. The number of methoxy groups -OCH3 is 2. The molecule has 0 aromatic rings. The summed E-state index contributed by atoms with van der Waals surface area (Å²) in [5.41, 5.74) is 0. The fourth-order valence-electron chi connectivity index (χ4n) is 3.73. The standard InChI is InChI=1S/C14H16O4/c1-17-13(15)11-9-5-6-10(8-4-3-7(8)9)12(11)14(16)18-2/h3-12H,1-2H3/t7-,8+,9-,10-,11-,12-/m0/s1. The van der Waals surface area contributed by atoms with E-state index in [1.165, 1.54) is 14.2 Å². The Labute approximate surface area is 106 Å². The maximum absolute atomic E-state index is 12.0. The molecule has 0 aromatic carbocycles. The van der Waals surface area contributed by atoms with Crippen molar-refractivity contribution in [2.75, 3.05) is 14.2 Å². The summed E-state index contributed by atoms with van der Waals surface area (Å²) < 4.78 is 9.74. The second kappa shape index (κ2) is 3.97. The van der Waals surface area contributed by atoms with Gasteiger partial charge in [-0.3, -0.25) is 9.59 Å². The first kappa shape index (κ1) is 11.5. The number of hydrogen-bond donors (Lipinski definition) is 0. The molecule has 1 fully saturated rings. The van der Waals surface area contributed by atoms with Crippen molar-refractivity contribution in [1.29, 1.82) is 0 Å². The summed E-state index contributed by atoms with van der Waals surface area (Å²) in [6.07, 6.45) is 8.40. The third-order valence-corrected chi connectivity index (χ3v) is 4.61. The van der Waals surface area contributed by atoms with Crippen LogP contribution in [0.3, 0.4) is 0 Å². The van der Waals surface area contributed by atoms with Crippen LogP contribution in [0.25, 0.3) is 0 Å². The lowest BCUT2D eigenvalue weighted by atomic mass is 9.50. The van der Waals surface area contributed by atoms with Crippen LogP contribution in [0.4, 0.5) is 0 Å². The van der Waals surface area contributed by atoms with Crippen LogP contribution < -0.4 is 0 Å². The molecule has 4 nitrogen and oxygen atoms in total. The van der Waals surface area contributed by atoms with Crippen molar-refractivity contribution in [2.24, 2.45) is 35.5 Å².